The Kier molecular flexibility index (Phi) is 8.11. The van der Waals surface area contributed by atoms with E-state index in [2.05, 4.69) is 85.6 Å². The fraction of sp³-hybridized carbons (Fsp3) is 0.167. The van der Waals surface area contributed by atoms with Crippen LogP contribution in [0.2, 0.25) is 0 Å². The van der Waals surface area contributed by atoms with Crippen molar-refractivity contribution in [2.45, 2.75) is 11.4 Å². The van der Waals surface area contributed by atoms with Crippen LogP contribution in [0.4, 0.5) is 5.69 Å². The predicted octanol–water partition coefficient (Wildman–Crippen LogP) is 5.40. The number of anilines is 1. The minimum atomic E-state index is -3.93. The zero-order chi connectivity index (χ0) is 26.5. The van der Waals surface area contributed by atoms with Crippen LogP contribution in [-0.2, 0) is 16.6 Å². The van der Waals surface area contributed by atoms with E-state index in [9.17, 15) is 13.2 Å². The molecule has 0 radical (unpaired) electrons. The lowest BCUT2D eigenvalue weighted by Gasteiger charge is -2.36. The molecular formula is C30H28IN3O3S. The number of carbonyl (C=O) groups is 1. The number of hydrogen-bond donors (Lipinski definition) is 1. The molecule has 1 aliphatic rings. The van der Waals surface area contributed by atoms with E-state index in [1.807, 2.05) is 18.2 Å². The van der Waals surface area contributed by atoms with Gasteiger partial charge in [-0.1, -0.05) is 54.6 Å². The molecule has 1 saturated heterocycles. The molecule has 4 aromatic rings. The van der Waals surface area contributed by atoms with Gasteiger partial charge in [-0.3, -0.25) is 9.69 Å². The highest BCUT2D eigenvalue weighted by atomic mass is 127. The molecule has 0 unspecified atom stereocenters. The first kappa shape index (κ1) is 26.4. The van der Waals surface area contributed by atoms with Crippen molar-refractivity contribution in [2.75, 3.05) is 31.1 Å². The molecule has 0 saturated carbocycles. The quantitative estimate of drug-likeness (QED) is 0.275. The molecule has 1 fully saturated rings. The summed E-state index contributed by atoms with van der Waals surface area (Å²) >= 11 is 2.10. The van der Waals surface area contributed by atoms with Gasteiger partial charge in [0.1, 0.15) is 0 Å². The van der Waals surface area contributed by atoms with Gasteiger partial charge in [0.25, 0.3) is 15.9 Å². The lowest BCUT2D eigenvalue weighted by molar-refractivity contribution is 0.0981. The molecule has 4 aromatic carbocycles. The number of benzene rings is 4. The van der Waals surface area contributed by atoms with Crippen LogP contribution < -0.4 is 9.62 Å². The number of nitrogens with zero attached hydrogens (tertiary/aromatic N) is 2. The smallest absolute Gasteiger partial charge is 0.264 e. The van der Waals surface area contributed by atoms with Crippen LogP contribution in [0.1, 0.15) is 15.9 Å². The van der Waals surface area contributed by atoms with Crippen molar-refractivity contribution in [3.8, 4) is 11.1 Å². The third-order valence-corrected chi connectivity index (χ3v) is 8.78. The first-order valence-corrected chi connectivity index (χ1v) is 15.0. The van der Waals surface area contributed by atoms with Crippen molar-refractivity contribution < 1.29 is 13.2 Å². The predicted molar refractivity (Wildman–Crippen MR) is 160 cm³/mol. The Morgan fingerprint density at radius 3 is 2.08 bits per heavy atom. The summed E-state index contributed by atoms with van der Waals surface area (Å²) < 4.78 is 28.2. The molecule has 0 aromatic heterocycles. The summed E-state index contributed by atoms with van der Waals surface area (Å²) in [6.07, 6.45) is 0. The third-order valence-electron chi connectivity index (χ3n) is 6.71. The van der Waals surface area contributed by atoms with Crippen molar-refractivity contribution in [3.05, 3.63) is 118 Å². The molecule has 0 spiro atoms. The number of sulfonamides is 1. The summed E-state index contributed by atoms with van der Waals surface area (Å²) in [5.74, 6) is -0.642. The molecule has 38 heavy (non-hydrogen) atoms. The van der Waals surface area contributed by atoms with E-state index in [1.165, 1.54) is 28.8 Å². The molecular weight excluding hydrogens is 609 g/mol. The summed E-state index contributed by atoms with van der Waals surface area (Å²) in [5.41, 5.74) is 5.15. The summed E-state index contributed by atoms with van der Waals surface area (Å²) in [6, 6.07) is 32.5. The van der Waals surface area contributed by atoms with Gasteiger partial charge in [0.2, 0.25) is 0 Å². The molecule has 5 rings (SSSR count). The molecule has 1 aliphatic heterocycles. The summed E-state index contributed by atoms with van der Waals surface area (Å²) in [5, 5.41) is 0. The van der Waals surface area contributed by atoms with Gasteiger partial charge >= 0.3 is 0 Å². The van der Waals surface area contributed by atoms with Crippen LogP contribution in [0.3, 0.4) is 0 Å². The molecule has 1 N–H and O–H groups in total. The van der Waals surface area contributed by atoms with E-state index >= 15 is 0 Å². The van der Waals surface area contributed by atoms with Crippen LogP contribution >= 0.6 is 22.6 Å². The molecule has 0 bridgehead atoms. The fourth-order valence-electron chi connectivity index (χ4n) is 4.64. The number of halogens is 1. The highest BCUT2D eigenvalue weighted by Crippen LogP contribution is 2.25. The highest BCUT2D eigenvalue weighted by Gasteiger charge is 2.21. The minimum Gasteiger partial charge on any atom is -0.369 e. The van der Waals surface area contributed by atoms with E-state index in [0.717, 1.165) is 42.0 Å². The standard InChI is InChI=1S/C30H28IN3O3S/c31-26-12-16-28(17-13-26)38(36,37)32-30(35)24-10-14-27(15-11-24)34-20-18-33(19-21-34)22-25-8-4-5-9-29(25)23-6-2-1-3-7-23/h1-17H,18-22H2,(H,32,35). The van der Waals surface area contributed by atoms with Gasteiger partial charge in [0.05, 0.1) is 4.90 Å². The van der Waals surface area contributed by atoms with Crippen molar-refractivity contribution in [1.82, 2.24) is 9.62 Å². The Labute approximate surface area is 237 Å². The third kappa shape index (κ3) is 6.25. The monoisotopic (exact) mass is 637 g/mol. The number of rotatable bonds is 7. The highest BCUT2D eigenvalue weighted by molar-refractivity contribution is 14.1. The van der Waals surface area contributed by atoms with Gasteiger partial charge in [-0.05, 0) is 87.8 Å². The first-order chi connectivity index (χ1) is 18.4. The second-order valence-corrected chi connectivity index (χ2v) is 12.1. The topological polar surface area (TPSA) is 69.7 Å². The number of nitrogens with one attached hydrogen (secondary N) is 1. The van der Waals surface area contributed by atoms with Gasteiger partial charge in [-0.25, -0.2) is 13.1 Å². The van der Waals surface area contributed by atoms with Crippen molar-refractivity contribution in [1.29, 1.82) is 0 Å². The Morgan fingerprint density at radius 1 is 0.763 bits per heavy atom. The molecule has 194 valence electrons. The van der Waals surface area contributed by atoms with Crippen molar-refractivity contribution in [3.63, 3.8) is 0 Å². The lowest BCUT2D eigenvalue weighted by Crippen LogP contribution is -2.46. The Balaban J connectivity index is 1.18. The average molecular weight is 638 g/mol. The van der Waals surface area contributed by atoms with Gasteiger partial charge in [0, 0.05) is 47.5 Å². The van der Waals surface area contributed by atoms with Gasteiger partial charge in [0.15, 0.2) is 0 Å². The van der Waals surface area contributed by atoms with Crippen LogP contribution in [0.5, 0.6) is 0 Å². The maximum atomic E-state index is 12.6. The van der Waals surface area contributed by atoms with E-state index in [1.54, 1.807) is 24.3 Å². The van der Waals surface area contributed by atoms with Gasteiger partial charge in [-0.2, -0.15) is 0 Å². The maximum absolute atomic E-state index is 12.6. The molecule has 0 aliphatic carbocycles. The second kappa shape index (κ2) is 11.7. The van der Waals surface area contributed by atoms with E-state index < -0.39 is 15.9 Å². The average Bonchev–Trinajstić information content (AvgIpc) is 2.94. The molecule has 6 nitrogen and oxygen atoms in total. The molecule has 8 heteroatoms. The largest absolute Gasteiger partial charge is 0.369 e. The fourth-order valence-corrected chi connectivity index (χ4v) is 5.97. The number of piperazine rings is 1. The molecule has 0 atom stereocenters. The lowest BCUT2D eigenvalue weighted by atomic mass is 9.99. The normalized spacial score (nSPS) is 14.3. The second-order valence-electron chi connectivity index (χ2n) is 9.22. The minimum absolute atomic E-state index is 0.0622. The SMILES string of the molecule is O=C(NS(=O)(=O)c1ccc(I)cc1)c1ccc(N2CCN(Cc3ccccc3-c3ccccc3)CC2)cc1. The number of hydrogen-bond acceptors (Lipinski definition) is 5. The van der Waals surface area contributed by atoms with Crippen LogP contribution in [-0.4, -0.2) is 45.4 Å². The number of carbonyl (C=O) groups excluding carboxylic acids is 1. The van der Waals surface area contributed by atoms with E-state index in [4.69, 9.17) is 0 Å². The van der Waals surface area contributed by atoms with Crippen molar-refractivity contribution >= 4 is 44.2 Å². The maximum Gasteiger partial charge on any atom is 0.264 e. The van der Waals surface area contributed by atoms with Crippen LogP contribution in [0, 0.1) is 3.57 Å². The number of amides is 1. The van der Waals surface area contributed by atoms with Gasteiger partial charge in [-0.15, -0.1) is 0 Å². The van der Waals surface area contributed by atoms with Crippen LogP contribution in [0.15, 0.2) is 108 Å². The molecule has 1 amide bonds. The Morgan fingerprint density at radius 2 is 1.39 bits per heavy atom. The Hall–Kier alpha value is -3.21. The van der Waals surface area contributed by atoms with Crippen LogP contribution in [0.25, 0.3) is 11.1 Å². The zero-order valence-corrected chi connectivity index (χ0v) is 23.7. The first-order valence-electron chi connectivity index (χ1n) is 12.4. The zero-order valence-electron chi connectivity index (χ0n) is 20.8. The van der Waals surface area contributed by atoms with Crippen molar-refractivity contribution in [2.24, 2.45) is 0 Å². The van der Waals surface area contributed by atoms with E-state index in [0.29, 0.717) is 5.56 Å². The Bertz CT molecular complexity index is 1500. The van der Waals surface area contributed by atoms with Gasteiger partial charge < -0.3 is 4.90 Å². The summed E-state index contributed by atoms with van der Waals surface area (Å²) in [6.45, 7) is 4.51. The van der Waals surface area contributed by atoms with E-state index in [-0.39, 0.29) is 4.90 Å². The summed E-state index contributed by atoms with van der Waals surface area (Å²) in [7, 11) is -3.93. The summed E-state index contributed by atoms with van der Waals surface area (Å²) in [4.78, 5) is 17.4. The molecule has 1 heterocycles.